The van der Waals surface area contributed by atoms with Gasteiger partial charge in [-0.15, -0.1) is 0 Å². The fourth-order valence-corrected chi connectivity index (χ4v) is 4.01. The van der Waals surface area contributed by atoms with Gasteiger partial charge in [-0.2, -0.15) is 0 Å². The number of aromatic nitrogens is 1. The number of benzene rings is 2. The van der Waals surface area contributed by atoms with Crippen LogP contribution in [0.2, 0.25) is 0 Å². The van der Waals surface area contributed by atoms with Crippen molar-refractivity contribution in [3.05, 3.63) is 60.2 Å². The van der Waals surface area contributed by atoms with E-state index in [-0.39, 0.29) is 6.61 Å². The van der Waals surface area contributed by atoms with Crippen LogP contribution in [-0.4, -0.2) is 54.3 Å². The lowest BCUT2D eigenvalue weighted by atomic mass is 10.0. The van der Waals surface area contributed by atoms with Gasteiger partial charge in [0.15, 0.2) is 0 Å². The molecule has 4 heteroatoms. The largest absolute Gasteiger partial charge is 0.396 e. The molecule has 0 spiro atoms. The SMILES string of the molecule is CCN1CCN(c2nc(-c3cccc(CCCO)c3)cc3ccccc23)CC1. The van der Waals surface area contributed by atoms with Crippen molar-refractivity contribution in [3.8, 4) is 11.3 Å². The molecule has 3 aromatic rings. The van der Waals surface area contributed by atoms with Gasteiger partial charge < -0.3 is 14.9 Å². The summed E-state index contributed by atoms with van der Waals surface area (Å²) in [6, 6.07) is 19.3. The van der Waals surface area contributed by atoms with E-state index in [1.165, 1.54) is 16.3 Å². The van der Waals surface area contributed by atoms with Gasteiger partial charge in [-0.25, -0.2) is 4.98 Å². The number of piperazine rings is 1. The van der Waals surface area contributed by atoms with Crippen LogP contribution in [-0.2, 0) is 6.42 Å². The summed E-state index contributed by atoms with van der Waals surface area (Å²) < 4.78 is 0. The Morgan fingerprint density at radius 2 is 1.79 bits per heavy atom. The van der Waals surface area contributed by atoms with Gasteiger partial charge in [-0.05, 0) is 42.5 Å². The van der Waals surface area contributed by atoms with Crippen molar-refractivity contribution in [1.82, 2.24) is 9.88 Å². The Labute approximate surface area is 167 Å². The molecule has 4 nitrogen and oxygen atoms in total. The molecule has 1 aromatic heterocycles. The minimum absolute atomic E-state index is 0.229. The Balaban J connectivity index is 1.72. The van der Waals surface area contributed by atoms with E-state index in [1.54, 1.807) is 0 Å². The molecule has 0 amide bonds. The van der Waals surface area contributed by atoms with E-state index in [9.17, 15) is 0 Å². The summed E-state index contributed by atoms with van der Waals surface area (Å²) in [5.74, 6) is 1.10. The van der Waals surface area contributed by atoms with Crippen LogP contribution in [0.1, 0.15) is 18.9 Å². The van der Waals surface area contributed by atoms with Gasteiger partial charge in [0.25, 0.3) is 0 Å². The summed E-state index contributed by atoms with van der Waals surface area (Å²) in [5, 5.41) is 11.6. The molecule has 0 atom stereocenters. The average molecular weight is 376 g/mol. The van der Waals surface area contributed by atoms with Crippen molar-refractivity contribution in [2.75, 3.05) is 44.2 Å². The Hall–Kier alpha value is -2.43. The van der Waals surface area contributed by atoms with E-state index in [0.29, 0.717) is 0 Å². The molecule has 1 saturated heterocycles. The normalized spacial score (nSPS) is 15.3. The zero-order chi connectivity index (χ0) is 19.3. The van der Waals surface area contributed by atoms with Crippen molar-refractivity contribution in [3.63, 3.8) is 0 Å². The summed E-state index contributed by atoms with van der Waals surface area (Å²) >= 11 is 0. The number of anilines is 1. The molecule has 2 heterocycles. The van der Waals surface area contributed by atoms with Gasteiger partial charge in [-0.3, -0.25) is 0 Å². The van der Waals surface area contributed by atoms with E-state index in [4.69, 9.17) is 10.1 Å². The Morgan fingerprint density at radius 3 is 2.57 bits per heavy atom. The summed E-state index contributed by atoms with van der Waals surface area (Å²) in [4.78, 5) is 10.1. The van der Waals surface area contributed by atoms with E-state index in [0.717, 1.165) is 62.6 Å². The van der Waals surface area contributed by atoms with Crippen LogP contribution in [0.4, 0.5) is 5.82 Å². The van der Waals surface area contributed by atoms with Crippen LogP contribution in [0.3, 0.4) is 0 Å². The molecule has 2 aromatic carbocycles. The average Bonchev–Trinajstić information content (AvgIpc) is 2.77. The third-order valence-electron chi connectivity index (χ3n) is 5.69. The fourth-order valence-electron chi connectivity index (χ4n) is 4.01. The smallest absolute Gasteiger partial charge is 0.137 e. The zero-order valence-corrected chi connectivity index (χ0v) is 16.6. The minimum Gasteiger partial charge on any atom is -0.396 e. The summed E-state index contributed by atoms with van der Waals surface area (Å²) in [6.45, 7) is 7.79. The molecular weight excluding hydrogens is 346 g/mol. The molecule has 0 aliphatic carbocycles. The maximum Gasteiger partial charge on any atom is 0.137 e. The molecule has 4 rings (SSSR count). The van der Waals surface area contributed by atoms with Gasteiger partial charge in [0.1, 0.15) is 5.82 Å². The third kappa shape index (κ3) is 4.03. The van der Waals surface area contributed by atoms with Crippen molar-refractivity contribution < 1.29 is 5.11 Å². The second-order valence-electron chi connectivity index (χ2n) is 7.50. The number of aryl methyl sites for hydroxylation is 1. The van der Waals surface area contributed by atoms with Crippen LogP contribution >= 0.6 is 0 Å². The maximum atomic E-state index is 9.13. The molecule has 1 N–H and O–H groups in total. The number of likely N-dealkylation sites (N-methyl/N-ethyl adjacent to an activating group) is 1. The predicted octanol–water partition coefficient (Wildman–Crippen LogP) is 3.97. The first-order valence-corrected chi connectivity index (χ1v) is 10.4. The number of aliphatic hydroxyl groups is 1. The minimum atomic E-state index is 0.229. The second-order valence-corrected chi connectivity index (χ2v) is 7.50. The Morgan fingerprint density at radius 1 is 0.964 bits per heavy atom. The van der Waals surface area contributed by atoms with E-state index < -0.39 is 0 Å². The summed E-state index contributed by atoms with van der Waals surface area (Å²) in [6.07, 6.45) is 1.69. The van der Waals surface area contributed by atoms with Gasteiger partial charge >= 0.3 is 0 Å². The van der Waals surface area contributed by atoms with Gasteiger partial charge in [0.2, 0.25) is 0 Å². The molecule has 1 aliphatic heterocycles. The lowest BCUT2D eigenvalue weighted by molar-refractivity contribution is 0.271. The Kier molecular flexibility index (Phi) is 5.89. The number of hydrogen-bond donors (Lipinski definition) is 1. The molecule has 0 unspecified atom stereocenters. The number of fused-ring (bicyclic) bond motifs is 1. The molecule has 0 bridgehead atoms. The highest BCUT2D eigenvalue weighted by Crippen LogP contribution is 2.31. The molecule has 28 heavy (non-hydrogen) atoms. The van der Waals surface area contributed by atoms with Gasteiger partial charge in [0, 0.05) is 43.7 Å². The van der Waals surface area contributed by atoms with Crippen LogP contribution < -0.4 is 4.90 Å². The first-order chi connectivity index (χ1) is 13.8. The van der Waals surface area contributed by atoms with E-state index in [2.05, 4.69) is 71.3 Å². The highest BCUT2D eigenvalue weighted by atomic mass is 16.2. The van der Waals surface area contributed by atoms with Crippen molar-refractivity contribution in [1.29, 1.82) is 0 Å². The fraction of sp³-hybridized carbons (Fsp3) is 0.375. The van der Waals surface area contributed by atoms with Gasteiger partial charge in [0.05, 0.1) is 5.69 Å². The highest BCUT2D eigenvalue weighted by Gasteiger charge is 2.19. The number of nitrogens with zero attached hydrogens (tertiary/aromatic N) is 3. The van der Waals surface area contributed by atoms with Crippen LogP contribution in [0, 0.1) is 0 Å². The van der Waals surface area contributed by atoms with Crippen molar-refractivity contribution >= 4 is 16.6 Å². The first-order valence-electron chi connectivity index (χ1n) is 10.4. The second kappa shape index (κ2) is 8.72. The van der Waals surface area contributed by atoms with Gasteiger partial charge in [-0.1, -0.05) is 49.4 Å². The molecule has 0 saturated carbocycles. The lowest BCUT2D eigenvalue weighted by Crippen LogP contribution is -2.46. The number of rotatable bonds is 6. The predicted molar refractivity (Wildman–Crippen MR) is 117 cm³/mol. The quantitative estimate of drug-likeness (QED) is 0.708. The molecular formula is C24H29N3O. The van der Waals surface area contributed by atoms with E-state index in [1.807, 2.05) is 0 Å². The van der Waals surface area contributed by atoms with Crippen LogP contribution in [0.15, 0.2) is 54.6 Å². The zero-order valence-electron chi connectivity index (χ0n) is 16.6. The lowest BCUT2D eigenvalue weighted by Gasteiger charge is -2.35. The first kappa shape index (κ1) is 18.9. The van der Waals surface area contributed by atoms with Crippen LogP contribution in [0.25, 0.3) is 22.0 Å². The van der Waals surface area contributed by atoms with Crippen molar-refractivity contribution in [2.45, 2.75) is 19.8 Å². The van der Waals surface area contributed by atoms with E-state index >= 15 is 0 Å². The monoisotopic (exact) mass is 375 g/mol. The van der Waals surface area contributed by atoms with Crippen molar-refractivity contribution in [2.24, 2.45) is 0 Å². The summed E-state index contributed by atoms with van der Waals surface area (Å²) in [7, 11) is 0. The molecule has 0 radical (unpaired) electrons. The number of aliphatic hydroxyl groups excluding tert-OH is 1. The third-order valence-corrected chi connectivity index (χ3v) is 5.69. The summed E-state index contributed by atoms with van der Waals surface area (Å²) in [5.41, 5.74) is 3.42. The topological polar surface area (TPSA) is 39.6 Å². The highest BCUT2D eigenvalue weighted by molar-refractivity contribution is 5.95. The number of pyridine rings is 1. The Bertz CT molecular complexity index is 932. The maximum absolute atomic E-state index is 9.13. The van der Waals surface area contributed by atoms with Crippen LogP contribution in [0.5, 0.6) is 0 Å². The number of hydrogen-bond acceptors (Lipinski definition) is 4. The molecule has 1 aliphatic rings. The standard InChI is InChI=1S/C24H29N3O/c1-2-26-12-14-27(15-13-26)24-22-11-4-3-9-20(22)18-23(25-24)21-10-5-7-19(17-21)8-6-16-28/h3-5,7,9-11,17-18,28H,2,6,8,12-16H2,1H3. The molecule has 1 fully saturated rings. The molecule has 146 valence electrons.